The zero-order valence-electron chi connectivity index (χ0n) is 17.3. The second-order valence-electron chi connectivity index (χ2n) is 7.63. The summed E-state index contributed by atoms with van der Waals surface area (Å²) in [5.74, 6) is 1.48. The van der Waals surface area contributed by atoms with Crippen molar-refractivity contribution in [2.45, 2.75) is 26.7 Å². The number of anilines is 1. The Morgan fingerprint density at radius 3 is 2.47 bits per heavy atom. The molecule has 3 aromatic carbocycles. The predicted molar refractivity (Wildman–Crippen MR) is 119 cm³/mol. The predicted octanol–water partition coefficient (Wildman–Crippen LogP) is 5.94. The zero-order chi connectivity index (χ0) is 21.1. The molecule has 1 heterocycles. The smallest absolute Gasteiger partial charge is 0.262 e. The van der Waals surface area contributed by atoms with Crippen molar-refractivity contribution in [2.24, 2.45) is 0 Å². The number of benzene rings is 3. The average Bonchev–Trinajstić information content (AvgIpc) is 3.16. The number of nitrogens with one attached hydrogen (secondary N) is 1. The number of aromatic nitrogens is 1. The van der Waals surface area contributed by atoms with Crippen molar-refractivity contribution in [1.82, 2.24) is 4.98 Å². The van der Waals surface area contributed by atoms with Gasteiger partial charge in [-0.05, 0) is 72.5 Å². The van der Waals surface area contributed by atoms with Gasteiger partial charge in [0.25, 0.3) is 5.91 Å². The number of carbonyl (C=O) groups excluding carboxylic acids is 1. The fourth-order valence-corrected chi connectivity index (χ4v) is 3.15. The molecule has 30 heavy (non-hydrogen) atoms. The van der Waals surface area contributed by atoms with Crippen LogP contribution in [0.3, 0.4) is 0 Å². The third-order valence-corrected chi connectivity index (χ3v) is 4.88. The van der Waals surface area contributed by atoms with Crippen molar-refractivity contribution >= 4 is 22.7 Å². The first-order valence-electron chi connectivity index (χ1n) is 9.98. The van der Waals surface area contributed by atoms with Crippen molar-refractivity contribution in [3.8, 4) is 17.2 Å². The maximum Gasteiger partial charge on any atom is 0.262 e. The normalized spacial score (nSPS) is 11.1. The Kier molecular flexibility index (Phi) is 5.53. The van der Waals surface area contributed by atoms with E-state index in [2.05, 4.69) is 24.1 Å². The molecule has 5 nitrogen and oxygen atoms in total. The highest BCUT2D eigenvalue weighted by atomic mass is 16.5. The number of nitrogens with zero attached hydrogens (tertiary/aromatic N) is 1. The summed E-state index contributed by atoms with van der Waals surface area (Å²) >= 11 is 0. The van der Waals surface area contributed by atoms with Crippen LogP contribution in [0.15, 0.2) is 71.1 Å². The van der Waals surface area contributed by atoms with Crippen LogP contribution in [0.1, 0.15) is 30.9 Å². The largest absolute Gasteiger partial charge is 0.484 e. The van der Waals surface area contributed by atoms with Gasteiger partial charge in [-0.3, -0.25) is 4.79 Å². The minimum absolute atomic E-state index is 0.0484. The van der Waals surface area contributed by atoms with E-state index in [1.807, 2.05) is 73.7 Å². The number of aryl methyl sites for hydroxylation is 1. The number of oxazole rings is 1. The number of fused-ring (bicyclic) bond motifs is 1. The molecule has 0 saturated heterocycles. The molecule has 152 valence electrons. The van der Waals surface area contributed by atoms with E-state index in [0.717, 1.165) is 22.2 Å². The SMILES string of the molecule is Cc1ccc2nc(-c3ccc(NC(=O)COc4ccc(C(C)C)cc4)cc3)oc2c1. The van der Waals surface area contributed by atoms with Crippen molar-refractivity contribution in [3.63, 3.8) is 0 Å². The number of ether oxygens (including phenoxy) is 1. The minimum atomic E-state index is -0.215. The molecule has 0 aliphatic carbocycles. The Balaban J connectivity index is 1.36. The van der Waals surface area contributed by atoms with Crippen molar-refractivity contribution < 1.29 is 13.9 Å². The molecule has 0 unspecified atom stereocenters. The minimum Gasteiger partial charge on any atom is -0.484 e. The highest BCUT2D eigenvalue weighted by Crippen LogP contribution is 2.26. The van der Waals surface area contributed by atoms with Crippen LogP contribution in [0.4, 0.5) is 5.69 Å². The van der Waals surface area contributed by atoms with Crippen LogP contribution >= 0.6 is 0 Å². The highest BCUT2D eigenvalue weighted by Gasteiger charge is 2.09. The highest BCUT2D eigenvalue weighted by molar-refractivity contribution is 5.92. The Hall–Kier alpha value is -3.60. The number of rotatable bonds is 6. The standard InChI is InChI=1S/C25H24N2O3/c1-16(2)18-7-11-21(12-8-18)29-15-24(28)26-20-9-5-19(6-10-20)25-27-22-13-4-17(3)14-23(22)30-25/h4-14,16H,15H2,1-3H3,(H,26,28). The zero-order valence-corrected chi connectivity index (χ0v) is 17.3. The van der Waals surface area contributed by atoms with Gasteiger partial charge in [-0.1, -0.05) is 32.0 Å². The summed E-state index contributed by atoms with van der Waals surface area (Å²) in [5.41, 5.74) is 5.49. The lowest BCUT2D eigenvalue weighted by atomic mass is 10.0. The van der Waals surface area contributed by atoms with E-state index < -0.39 is 0 Å². The molecular weight excluding hydrogens is 376 g/mol. The first-order chi connectivity index (χ1) is 14.5. The Morgan fingerprint density at radius 1 is 1.03 bits per heavy atom. The quantitative estimate of drug-likeness (QED) is 0.435. The van der Waals surface area contributed by atoms with Crippen molar-refractivity contribution in [1.29, 1.82) is 0 Å². The molecule has 0 aliphatic heterocycles. The van der Waals surface area contributed by atoms with Crippen LogP contribution in [0.25, 0.3) is 22.6 Å². The maximum atomic E-state index is 12.2. The Morgan fingerprint density at radius 2 is 1.77 bits per heavy atom. The second-order valence-corrected chi connectivity index (χ2v) is 7.63. The van der Waals surface area contributed by atoms with Gasteiger partial charge < -0.3 is 14.5 Å². The summed E-state index contributed by atoms with van der Waals surface area (Å²) in [6.45, 7) is 6.25. The molecule has 0 spiro atoms. The van der Waals surface area contributed by atoms with Gasteiger partial charge >= 0.3 is 0 Å². The van der Waals surface area contributed by atoms with Gasteiger partial charge in [-0.25, -0.2) is 4.98 Å². The number of carbonyl (C=O) groups is 1. The fourth-order valence-electron chi connectivity index (χ4n) is 3.15. The lowest BCUT2D eigenvalue weighted by Crippen LogP contribution is -2.20. The number of hydrogen-bond acceptors (Lipinski definition) is 4. The van der Waals surface area contributed by atoms with E-state index >= 15 is 0 Å². The molecular formula is C25H24N2O3. The van der Waals surface area contributed by atoms with Crippen LogP contribution < -0.4 is 10.1 Å². The van der Waals surface area contributed by atoms with Crippen LogP contribution in [0.2, 0.25) is 0 Å². The third kappa shape index (κ3) is 4.51. The lowest BCUT2D eigenvalue weighted by Gasteiger charge is -2.09. The molecule has 4 aromatic rings. The van der Waals surface area contributed by atoms with Crippen molar-refractivity contribution in [2.75, 3.05) is 11.9 Å². The van der Waals surface area contributed by atoms with E-state index in [0.29, 0.717) is 23.2 Å². The van der Waals surface area contributed by atoms with E-state index in [4.69, 9.17) is 9.15 Å². The molecule has 0 aliphatic rings. The summed E-state index contributed by atoms with van der Waals surface area (Å²) < 4.78 is 11.4. The van der Waals surface area contributed by atoms with Gasteiger partial charge in [0.1, 0.15) is 11.3 Å². The average molecular weight is 400 g/mol. The van der Waals surface area contributed by atoms with Gasteiger partial charge in [0.15, 0.2) is 12.2 Å². The van der Waals surface area contributed by atoms with E-state index in [1.165, 1.54) is 5.56 Å². The van der Waals surface area contributed by atoms with Crippen LogP contribution in [0.5, 0.6) is 5.75 Å². The Labute approximate surface area is 175 Å². The van der Waals surface area contributed by atoms with Crippen molar-refractivity contribution in [3.05, 3.63) is 77.9 Å². The van der Waals surface area contributed by atoms with E-state index in [9.17, 15) is 4.79 Å². The summed E-state index contributed by atoms with van der Waals surface area (Å²) in [6.07, 6.45) is 0. The molecule has 5 heteroatoms. The summed E-state index contributed by atoms with van der Waals surface area (Å²) in [6, 6.07) is 21.1. The topological polar surface area (TPSA) is 64.4 Å². The molecule has 0 radical (unpaired) electrons. The monoisotopic (exact) mass is 400 g/mol. The lowest BCUT2D eigenvalue weighted by molar-refractivity contribution is -0.118. The van der Waals surface area contributed by atoms with Gasteiger partial charge in [-0.2, -0.15) is 0 Å². The Bertz CT molecular complexity index is 1160. The molecule has 0 bridgehead atoms. The summed E-state index contributed by atoms with van der Waals surface area (Å²) in [5, 5.41) is 2.84. The number of amides is 1. The van der Waals surface area contributed by atoms with E-state index in [-0.39, 0.29) is 12.5 Å². The molecule has 0 saturated carbocycles. The fraction of sp³-hybridized carbons (Fsp3) is 0.200. The summed E-state index contributed by atoms with van der Waals surface area (Å²) in [7, 11) is 0. The maximum absolute atomic E-state index is 12.2. The van der Waals surface area contributed by atoms with Gasteiger partial charge in [0.2, 0.25) is 5.89 Å². The molecule has 1 aromatic heterocycles. The molecule has 0 atom stereocenters. The first kappa shape index (κ1) is 19.7. The molecule has 0 fully saturated rings. The summed E-state index contributed by atoms with van der Waals surface area (Å²) in [4.78, 5) is 16.7. The second kappa shape index (κ2) is 8.41. The van der Waals surface area contributed by atoms with Crippen LogP contribution in [0, 0.1) is 6.92 Å². The van der Waals surface area contributed by atoms with E-state index in [1.54, 1.807) is 0 Å². The van der Waals surface area contributed by atoms with Crippen LogP contribution in [-0.2, 0) is 4.79 Å². The number of hydrogen-bond donors (Lipinski definition) is 1. The molecule has 4 rings (SSSR count). The van der Waals surface area contributed by atoms with Gasteiger partial charge in [-0.15, -0.1) is 0 Å². The third-order valence-electron chi connectivity index (χ3n) is 4.88. The first-order valence-corrected chi connectivity index (χ1v) is 9.98. The van der Waals surface area contributed by atoms with Crippen LogP contribution in [-0.4, -0.2) is 17.5 Å². The van der Waals surface area contributed by atoms with Gasteiger partial charge in [0.05, 0.1) is 0 Å². The van der Waals surface area contributed by atoms with Gasteiger partial charge in [0, 0.05) is 11.3 Å². The molecule has 1 amide bonds. The molecule has 1 N–H and O–H groups in total.